The van der Waals surface area contributed by atoms with Crippen LogP contribution in [0.2, 0.25) is 0 Å². The minimum atomic E-state index is 0.498. The second-order valence-electron chi connectivity index (χ2n) is 3.71. The Labute approximate surface area is 89.4 Å². The Morgan fingerprint density at radius 2 is 2.13 bits per heavy atom. The van der Waals surface area contributed by atoms with Crippen molar-refractivity contribution in [1.82, 2.24) is 9.97 Å². The summed E-state index contributed by atoms with van der Waals surface area (Å²) in [5.74, 6) is 0.900. The van der Waals surface area contributed by atoms with Crippen molar-refractivity contribution in [1.29, 1.82) is 0 Å². The third-order valence-electron chi connectivity index (χ3n) is 2.71. The molecule has 0 atom stereocenters. The number of aromatic amines is 1. The molecule has 2 rings (SSSR count). The van der Waals surface area contributed by atoms with Crippen molar-refractivity contribution in [2.75, 3.05) is 0 Å². The molecule has 0 spiro atoms. The average Bonchev–Trinajstić information content (AvgIpc) is 2.70. The molecule has 0 saturated heterocycles. The van der Waals surface area contributed by atoms with Crippen molar-refractivity contribution in [3.8, 4) is 11.4 Å². The topological polar surface area (TPSA) is 54.7 Å². The third-order valence-corrected chi connectivity index (χ3v) is 2.71. The number of aromatic nitrogens is 2. The first-order valence-corrected chi connectivity index (χ1v) is 5.03. The largest absolute Gasteiger partial charge is 0.341 e. The maximum atomic E-state index is 5.54. The lowest BCUT2D eigenvalue weighted by molar-refractivity contribution is 1.01. The van der Waals surface area contributed by atoms with E-state index in [1.54, 1.807) is 6.20 Å². The van der Waals surface area contributed by atoms with E-state index in [1.807, 2.05) is 6.07 Å². The molecule has 0 bridgehead atoms. The van der Waals surface area contributed by atoms with Crippen LogP contribution in [0.1, 0.15) is 16.8 Å². The number of nitrogens with zero attached hydrogens (tertiary/aromatic N) is 1. The smallest absolute Gasteiger partial charge is 0.137 e. The van der Waals surface area contributed by atoms with Crippen LogP contribution in [0.4, 0.5) is 0 Å². The molecule has 3 N–H and O–H groups in total. The molecule has 0 unspecified atom stereocenters. The van der Waals surface area contributed by atoms with Gasteiger partial charge in [0.25, 0.3) is 0 Å². The monoisotopic (exact) mass is 201 g/mol. The summed E-state index contributed by atoms with van der Waals surface area (Å²) >= 11 is 0. The Morgan fingerprint density at radius 1 is 1.33 bits per heavy atom. The predicted octanol–water partition coefficient (Wildman–Crippen LogP) is 2.15. The van der Waals surface area contributed by atoms with Gasteiger partial charge in [0.1, 0.15) is 5.82 Å². The first-order valence-electron chi connectivity index (χ1n) is 5.03. The molecule has 0 saturated carbocycles. The minimum Gasteiger partial charge on any atom is -0.341 e. The van der Waals surface area contributed by atoms with Gasteiger partial charge >= 0.3 is 0 Å². The summed E-state index contributed by atoms with van der Waals surface area (Å²) in [6.07, 6.45) is 1.79. The molecule has 1 heterocycles. The molecule has 1 aromatic heterocycles. The van der Waals surface area contributed by atoms with E-state index in [0.717, 1.165) is 17.1 Å². The number of benzene rings is 1. The summed E-state index contributed by atoms with van der Waals surface area (Å²) in [7, 11) is 0. The summed E-state index contributed by atoms with van der Waals surface area (Å²) in [6.45, 7) is 4.71. The van der Waals surface area contributed by atoms with Crippen molar-refractivity contribution in [3.05, 3.63) is 41.2 Å². The zero-order chi connectivity index (χ0) is 10.8. The Balaban J connectivity index is 2.49. The molecule has 3 heteroatoms. The van der Waals surface area contributed by atoms with Crippen LogP contribution in [-0.4, -0.2) is 9.97 Å². The predicted molar refractivity (Wildman–Crippen MR) is 61.4 cm³/mol. The Morgan fingerprint density at radius 3 is 2.80 bits per heavy atom. The van der Waals surface area contributed by atoms with Gasteiger partial charge in [-0.1, -0.05) is 18.2 Å². The zero-order valence-corrected chi connectivity index (χ0v) is 9.04. The first-order chi connectivity index (χ1) is 7.22. The molecule has 0 amide bonds. The van der Waals surface area contributed by atoms with Gasteiger partial charge in [0.05, 0.1) is 0 Å². The van der Waals surface area contributed by atoms with E-state index < -0.39 is 0 Å². The summed E-state index contributed by atoms with van der Waals surface area (Å²) in [5, 5.41) is 0. The van der Waals surface area contributed by atoms with Gasteiger partial charge < -0.3 is 10.7 Å². The van der Waals surface area contributed by atoms with Crippen molar-refractivity contribution < 1.29 is 0 Å². The first kappa shape index (κ1) is 9.93. The Bertz CT molecular complexity index is 471. The average molecular weight is 201 g/mol. The van der Waals surface area contributed by atoms with Crippen LogP contribution in [0.3, 0.4) is 0 Å². The maximum Gasteiger partial charge on any atom is 0.137 e. The molecular formula is C12H15N3. The second kappa shape index (κ2) is 3.87. The number of aryl methyl sites for hydroxylation is 1. The van der Waals surface area contributed by atoms with Gasteiger partial charge in [-0.3, -0.25) is 0 Å². The standard InChI is InChI=1S/C12H15N3/c1-8-4-3-5-11(9(8)2)12-14-7-10(6-13)15-12/h3-5,7H,6,13H2,1-2H3,(H,14,15). The molecule has 0 aliphatic rings. The SMILES string of the molecule is Cc1cccc(-c2ncc(CN)[nH]2)c1C. The number of H-pyrrole nitrogens is 1. The zero-order valence-electron chi connectivity index (χ0n) is 9.04. The van der Waals surface area contributed by atoms with Crippen LogP contribution < -0.4 is 5.73 Å². The van der Waals surface area contributed by atoms with Crippen molar-refractivity contribution >= 4 is 0 Å². The summed E-state index contributed by atoms with van der Waals surface area (Å²) in [4.78, 5) is 7.53. The van der Waals surface area contributed by atoms with Gasteiger partial charge in [0, 0.05) is 24.0 Å². The van der Waals surface area contributed by atoms with Gasteiger partial charge in [-0.2, -0.15) is 0 Å². The molecular weight excluding hydrogens is 186 g/mol. The highest BCUT2D eigenvalue weighted by Gasteiger charge is 2.06. The quantitative estimate of drug-likeness (QED) is 0.782. The number of hydrogen-bond acceptors (Lipinski definition) is 2. The molecule has 78 valence electrons. The molecule has 15 heavy (non-hydrogen) atoms. The highest BCUT2D eigenvalue weighted by atomic mass is 14.9. The third kappa shape index (κ3) is 1.78. The van der Waals surface area contributed by atoms with E-state index in [0.29, 0.717) is 6.54 Å². The van der Waals surface area contributed by atoms with E-state index in [4.69, 9.17) is 5.73 Å². The highest BCUT2D eigenvalue weighted by molar-refractivity contribution is 5.61. The molecule has 3 nitrogen and oxygen atoms in total. The highest BCUT2D eigenvalue weighted by Crippen LogP contribution is 2.22. The molecule has 0 aliphatic carbocycles. The summed E-state index contributed by atoms with van der Waals surface area (Å²) in [6, 6.07) is 6.22. The summed E-state index contributed by atoms with van der Waals surface area (Å²) < 4.78 is 0. The second-order valence-corrected chi connectivity index (χ2v) is 3.71. The van der Waals surface area contributed by atoms with E-state index in [-0.39, 0.29) is 0 Å². The van der Waals surface area contributed by atoms with Gasteiger partial charge in [-0.05, 0) is 25.0 Å². The lowest BCUT2D eigenvalue weighted by Crippen LogP contribution is -1.96. The minimum absolute atomic E-state index is 0.498. The van der Waals surface area contributed by atoms with Gasteiger partial charge in [0.2, 0.25) is 0 Å². The fourth-order valence-electron chi connectivity index (χ4n) is 1.61. The molecule has 1 aromatic carbocycles. The van der Waals surface area contributed by atoms with E-state index >= 15 is 0 Å². The molecule has 0 radical (unpaired) electrons. The van der Waals surface area contributed by atoms with Gasteiger partial charge in [-0.25, -0.2) is 4.98 Å². The van der Waals surface area contributed by atoms with E-state index in [9.17, 15) is 0 Å². The van der Waals surface area contributed by atoms with Crippen LogP contribution in [0.25, 0.3) is 11.4 Å². The number of rotatable bonds is 2. The Kier molecular flexibility index (Phi) is 2.56. The molecule has 0 aliphatic heterocycles. The number of hydrogen-bond donors (Lipinski definition) is 2. The van der Waals surface area contributed by atoms with Crippen molar-refractivity contribution in [3.63, 3.8) is 0 Å². The fourth-order valence-corrected chi connectivity index (χ4v) is 1.61. The fraction of sp³-hybridized carbons (Fsp3) is 0.250. The van der Waals surface area contributed by atoms with Crippen molar-refractivity contribution in [2.24, 2.45) is 5.73 Å². The van der Waals surface area contributed by atoms with Gasteiger partial charge in [0.15, 0.2) is 0 Å². The number of nitrogens with two attached hydrogens (primary N) is 1. The van der Waals surface area contributed by atoms with Crippen molar-refractivity contribution in [2.45, 2.75) is 20.4 Å². The van der Waals surface area contributed by atoms with Crippen LogP contribution >= 0.6 is 0 Å². The molecule has 2 aromatic rings. The van der Waals surface area contributed by atoms with Crippen LogP contribution in [0.5, 0.6) is 0 Å². The summed E-state index contributed by atoms with van der Waals surface area (Å²) in [5.41, 5.74) is 10.2. The molecule has 0 fully saturated rings. The van der Waals surface area contributed by atoms with Gasteiger partial charge in [-0.15, -0.1) is 0 Å². The van der Waals surface area contributed by atoms with E-state index in [2.05, 4.69) is 35.9 Å². The van der Waals surface area contributed by atoms with Crippen LogP contribution in [0, 0.1) is 13.8 Å². The normalized spacial score (nSPS) is 10.6. The Hall–Kier alpha value is -1.61. The lowest BCUT2D eigenvalue weighted by Gasteiger charge is -2.05. The number of imidazole rings is 1. The maximum absolute atomic E-state index is 5.54. The van der Waals surface area contributed by atoms with Crippen LogP contribution in [-0.2, 0) is 6.54 Å². The number of nitrogens with one attached hydrogen (secondary N) is 1. The lowest BCUT2D eigenvalue weighted by atomic mass is 10.0. The van der Waals surface area contributed by atoms with E-state index in [1.165, 1.54) is 11.1 Å². The van der Waals surface area contributed by atoms with Crippen LogP contribution in [0.15, 0.2) is 24.4 Å².